The third-order valence-corrected chi connectivity index (χ3v) is 5.22. The smallest absolute Gasteiger partial charge is 0.335 e. The fourth-order valence-electron chi connectivity index (χ4n) is 2.41. The molecule has 1 aliphatic rings. The molecule has 1 saturated heterocycles. The van der Waals surface area contributed by atoms with Crippen LogP contribution in [0.4, 0.5) is 5.82 Å². The first kappa shape index (κ1) is 13.7. The zero-order valence-corrected chi connectivity index (χ0v) is 11.8. The van der Waals surface area contributed by atoms with Crippen molar-refractivity contribution in [1.82, 2.24) is 9.97 Å². The molecule has 0 radical (unpaired) electrons. The number of hydrogen-bond acceptors (Lipinski definition) is 6. The highest BCUT2D eigenvalue weighted by Crippen LogP contribution is 2.23. The number of aromatic nitrogens is 2. The highest BCUT2D eigenvalue weighted by Gasteiger charge is 2.28. The number of anilines is 1. The van der Waals surface area contributed by atoms with Gasteiger partial charge in [0.25, 0.3) is 0 Å². The van der Waals surface area contributed by atoms with Crippen LogP contribution in [0.3, 0.4) is 0 Å². The first-order chi connectivity index (χ1) is 9.94. The average molecular weight is 307 g/mol. The Kier molecular flexibility index (Phi) is 3.25. The predicted molar refractivity (Wildman–Crippen MR) is 77.2 cm³/mol. The van der Waals surface area contributed by atoms with Crippen LogP contribution in [0.15, 0.2) is 24.5 Å². The Labute approximate surface area is 121 Å². The normalized spacial score (nSPS) is 20.5. The second kappa shape index (κ2) is 4.96. The highest BCUT2D eigenvalue weighted by molar-refractivity contribution is 7.91. The predicted octanol–water partition coefficient (Wildman–Crippen LogP) is 0.927. The Bertz CT molecular complexity index is 819. The van der Waals surface area contributed by atoms with Crippen LogP contribution < -0.4 is 5.32 Å². The summed E-state index contributed by atoms with van der Waals surface area (Å²) in [5.41, 5.74) is 0.656. The molecule has 8 heteroatoms. The Morgan fingerprint density at radius 2 is 2.14 bits per heavy atom. The van der Waals surface area contributed by atoms with Gasteiger partial charge in [0.05, 0.1) is 22.6 Å². The van der Waals surface area contributed by atoms with Crippen LogP contribution in [-0.4, -0.2) is 47.0 Å². The van der Waals surface area contributed by atoms with Crippen molar-refractivity contribution in [2.75, 3.05) is 16.8 Å². The highest BCUT2D eigenvalue weighted by atomic mass is 32.2. The summed E-state index contributed by atoms with van der Waals surface area (Å²) in [6.07, 6.45) is 1.88. The number of carboxylic acids is 1. The van der Waals surface area contributed by atoms with Gasteiger partial charge in [-0.15, -0.1) is 0 Å². The van der Waals surface area contributed by atoms with Crippen LogP contribution in [0.5, 0.6) is 0 Å². The van der Waals surface area contributed by atoms with E-state index in [1.165, 1.54) is 18.5 Å². The topological polar surface area (TPSA) is 109 Å². The van der Waals surface area contributed by atoms with E-state index in [4.69, 9.17) is 5.11 Å². The van der Waals surface area contributed by atoms with Crippen molar-refractivity contribution in [3.63, 3.8) is 0 Å². The summed E-state index contributed by atoms with van der Waals surface area (Å²) in [6.45, 7) is 0. The van der Waals surface area contributed by atoms with E-state index >= 15 is 0 Å². The lowest BCUT2D eigenvalue weighted by atomic mass is 10.1. The van der Waals surface area contributed by atoms with Gasteiger partial charge in [-0.05, 0) is 24.6 Å². The SMILES string of the molecule is O=C(O)c1ccc2c(N[C@H]3CCS(=O)(=O)C3)ncnc2c1. The van der Waals surface area contributed by atoms with Crippen LogP contribution in [0, 0.1) is 0 Å². The van der Waals surface area contributed by atoms with Crippen molar-refractivity contribution in [3.8, 4) is 0 Å². The number of benzene rings is 1. The number of rotatable bonds is 3. The number of carboxylic acid groups (broad SMARTS) is 1. The monoisotopic (exact) mass is 307 g/mol. The Morgan fingerprint density at radius 1 is 1.33 bits per heavy atom. The summed E-state index contributed by atoms with van der Waals surface area (Å²) < 4.78 is 23.0. The molecule has 1 aromatic heterocycles. The maximum atomic E-state index is 11.5. The van der Waals surface area contributed by atoms with Crippen molar-refractivity contribution >= 4 is 32.5 Å². The van der Waals surface area contributed by atoms with E-state index in [2.05, 4.69) is 15.3 Å². The molecule has 0 unspecified atom stereocenters. The van der Waals surface area contributed by atoms with Crippen molar-refractivity contribution in [2.24, 2.45) is 0 Å². The molecule has 0 bridgehead atoms. The van der Waals surface area contributed by atoms with Gasteiger partial charge in [0, 0.05) is 11.4 Å². The molecule has 0 amide bonds. The molecule has 1 aliphatic heterocycles. The van der Waals surface area contributed by atoms with Crippen molar-refractivity contribution < 1.29 is 18.3 Å². The Morgan fingerprint density at radius 3 is 2.81 bits per heavy atom. The molecule has 2 N–H and O–H groups in total. The number of nitrogens with one attached hydrogen (secondary N) is 1. The van der Waals surface area contributed by atoms with E-state index in [-0.39, 0.29) is 23.1 Å². The molecule has 1 atom stereocenters. The van der Waals surface area contributed by atoms with E-state index in [1.54, 1.807) is 6.07 Å². The van der Waals surface area contributed by atoms with Crippen molar-refractivity contribution in [3.05, 3.63) is 30.1 Å². The first-order valence-electron chi connectivity index (χ1n) is 6.40. The molecule has 1 aromatic carbocycles. The number of sulfone groups is 1. The molecule has 2 aromatic rings. The lowest BCUT2D eigenvalue weighted by Gasteiger charge is -2.13. The van der Waals surface area contributed by atoms with Crippen LogP contribution in [0.2, 0.25) is 0 Å². The number of nitrogens with zero attached hydrogens (tertiary/aromatic N) is 2. The molecule has 0 aliphatic carbocycles. The summed E-state index contributed by atoms with van der Waals surface area (Å²) >= 11 is 0. The van der Waals surface area contributed by atoms with Gasteiger partial charge in [-0.25, -0.2) is 23.2 Å². The third kappa shape index (κ3) is 2.80. The summed E-state index contributed by atoms with van der Waals surface area (Å²) in [4.78, 5) is 19.1. The van der Waals surface area contributed by atoms with Gasteiger partial charge >= 0.3 is 5.97 Å². The molecule has 3 rings (SSSR count). The van der Waals surface area contributed by atoms with E-state index in [9.17, 15) is 13.2 Å². The van der Waals surface area contributed by atoms with E-state index < -0.39 is 15.8 Å². The van der Waals surface area contributed by atoms with Crippen LogP contribution in [0.1, 0.15) is 16.8 Å². The number of aromatic carboxylic acids is 1. The zero-order chi connectivity index (χ0) is 15.0. The summed E-state index contributed by atoms with van der Waals surface area (Å²) in [5, 5.41) is 12.8. The lowest BCUT2D eigenvalue weighted by molar-refractivity contribution is 0.0697. The van der Waals surface area contributed by atoms with Gasteiger partial charge in [0.15, 0.2) is 9.84 Å². The maximum absolute atomic E-state index is 11.5. The summed E-state index contributed by atoms with van der Waals surface area (Å²) in [5.74, 6) is -0.228. The van der Waals surface area contributed by atoms with Gasteiger partial charge in [-0.3, -0.25) is 0 Å². The van der Waals surface area contributed by atoms with Gasteiger partial charge < -0.3 is 10.4 Å². The van der Waals surface area contributed by atoms with E-state index in [0.29, 0.717) is 23.1 Å². The number of carbonyl (C=O) groups is 1. The largest absolute Gasteiger partial charge is 0.478 e. The van der Waals surface area contributed by atoms with Crippen LogP contribution >= 0.6 is 0 Å². The number of hydrogen-bond donors (Lipinski definition) is 2. The molecule has 110 valence electrons. The van der Waals surface area contributed by atoms with Crippen molar-refractivity contribution in [2.45, 2.75) is 12.5 Å². The first-order valence-corrected chi connectivity index (χ1v) is 8.22. The summed E-state index contributed by atoms with van der Waals surface area (Å²) in [7, 11) is -2.97. The molecule has 0 spiro atoms. The third-order valence-electron chi connectivity index (χ3n) is 3.46. The molecule has 7 nitrogen and oxygen atoms in total. The molecular formula is C13H13N3O4S. The zero-order valence-electron chi connectivity index (χ0n) is 11.0. The molecule has 0 saturated carbocycles. The Balaban J connectivity index is 1.94. The molecular weight excluding hydrogens is 294 g/mol. The Hall–Kier alpha value is -2.22. The van der Waals surface area contributed by atoms with Gasteiger partial charge in [-0.2, -0.15) is 0 Å². The molecule has 1 fully saturated rings. The van der Waals surface area contributed by atoms with Crippen LogP contribution in [-0.2, 0) is 9.84 Å². The van der Waals surface area contributed by atoms with Gasteiger partial charge in [0.2, 0.25) is 0 Å². The minimum atomic E-state index is -2.97. The maximum Gasteiger partial charge on any atom is 0.335 e. The number of fused-ring (bicyclic) bond motifs is 1. The van der Waals surface area contributed by atoms with Crippen LogP contribution in [0.25, 0.3) is 10.9 Å². The second-order valence-corrected chi connectivity index (χ2v) is 7.23. The van der Waals surface area contributed by atoms with Gasteiger partial charge in [0.1, 0.15) is 12.1 Å². The van der Waals surface area contributed by atoms with Crippen molar-refractivity contribution in [1.29, 1.82) is 0 Å². The average Bonchev–Trinajstić information content (AvgIpc) is 2.77. The second-order valence-electron chi connectivity index (χ2n) is 5.00. The molecule has 21 heavy (non-hydrogen) atoms. The standard InChI is InChI=1S/C13H13N3O4S/c17-13(18)8-1-2-10-11(5-8)14-7-15-12(10)16-9-3-4-21(19,20)6-9/h1-2,5,7,9H,3-4,6H2,(H,17,18)(H,14,15,16)/t9-/m0/s1. The van der Waals surface area contributed by atoms with E-state index in [0.717, 1.165) is 0 Å². The molecule has 2 heterocycles. The summed E-state index contributed by atoms with van der Waals surface area (Å²) in [6, 6.07) is 4.40. The van der Waals surface area contributed by atoms with Gasteiger partial charge in [-0.1, -0.05) is 0 Å². The lowest BCUT2D eigenvalue weighted by Crippen LogP contribution is -2.21. The minimum Gasteiger partial charge on any atom is -0.478 e. The quantitative estimate of drug-likeness (QED) is 0.868. The fraction of sp³-hybridized carbons (Fsp3) is 0.308. The fourth-order valence-corrected chi connectivity index (χ4v) is 4.08. The minimum absolute atomic E-state index is 0.0890. The van der Waals surface area contributed by atoms with E-state index in [1.807, 2.05) is 0 Å².